The number of hydrogen-bond acceptors (Lipinski definition) is 2. The number of aryl methyl sites for hydroxylation is 2. The molecule has 1 heterocycles. The SMILES string of the molecule is Cc1ccc(CCN2CCC(C(C(N)=O)(c3ccccc3)c3ccccc3)C2)cc1C. The number of primary amides is 1. The molecule has 3 heteroatoms. The molecule has 1 aliphatic rings. The Kier molecular flexibility index (Phi) is 6.24. The largest absolute Gasteiger partial charge is 0.369 e. The Bertz CT molecular complexity index is 990. The maximum atomic E-state index is 13.2. The molecule has 4 rings (SSSR count). The van der Waals surface area contributed by atoms with E-state index in [0.29, 0.717) is 0 Å². The van der Waals surface area contributed by atoms with E-state index in [1.165, 1.54) is 16.7 Å². The van der Waals surface area contributed by atoms with Gasteiger partial charge in [-0.15, -0.1) is 0 Å². The fourth-order valence-electron chi connectivity index (χ4n) is 5.16. The molecule has 1 saturated heterocycles. The van der Waals surface area contributed by atoms with Crippen molar-refractivity contribution < 1.29 is 4.79 Å². The first-order valence-electron chi connectivity index (χ1n) is 11.2. The van der Waals surface area contributed by atoms with Crippen LogP contribution in [0.3, 0.4) is 0 Å². The molecule has 0 aromatic heterocycles. The molecule has 0 aliphatic carbocycles. The molecule has 0 bridgehead atoms. The Balaban J connectivity index is 1.60. The van der Waals surface area contributed by atoms with E-state index in [0.717, 1.165) is 43.6 Å². The van der Waals surface area contributed by atoms with Gasteiger partial charge in [-0.05, 0) is 67.0 Å². The van der Waals surface area contributed by atoms with Crippen LogP contribution >= 0.6 is 0 Å². The molecule has 31 heavy (non-hydrogen) atoms. The Hall–Kier alpha value is -2.91. The van der Waals surface area contributed by atoms with Crippen molar-refractivity contribution >= 4 is 5.91 Å². The van der Waals surface area contributed by atoms with Crippen LogP contribution in [0.2, 0.25) is 0 Å². The van der Waals surface area contributed by atoms with Crippen LogP contribution in [-0.4, -0.2) is 30.4 Å². The molecule has 2 N–H and O–H groups in total. The molecular formula is C28H32N2O. The lowest BCUT2D eigenvalue weighted by atomic mass is 9.64. The highest BCUT2D eigenvalue weighted by Crippen LogP contribution is 2.43. The van der Waals surface area contributed by atoms with Gasteiger partial charge in [-0.25, -0.2) is 0 Å². The quantitative estimate of drug-likeness (QED) is 0.614. The molecule has 3 aromatic rings. The number of hydrogen-bond donors (Lipinski definition) is 1. The maximum absolute atomic E-state index is 13.2. The van der Waals surface area contributed by atoms with Crippen LogP contribution < -0.4 is 5.73 Å². The molecule has 1 aliphatic heterocycles. The second kappa shape index (κ2) is 9.07. The zero-order valence-electron chi connectivity index (χ0n) is 18.6. The number of likely N-dealkylation sites (tertiary alicyclic amines) is 1. The molecule has 0 saturated carbocycles. The van der Waals surface area contributed by atoms with Crippen molar-refractivity contribution in [2.45, 2.75) is 32.1 Å². The number of nitrogens with two attached hydrogens (primary N) is 1. The summed E-state index contributed by atoms with van der Waals surface area (Å²) in [4.78, 5) is 15.7. The van der Waals surface area contributed by atoms with Gasteiger partial charge in [0.15, 0.2) is 0 Å². The summed E-state index contributed by atoms with van der Waals surface area (Å²) in [6.07, 6.45) is 1.98. The first-order chi connectivity index (χ1) is 15.0. The van der Waals surface area contributed by atoms with Gasteiger partial charge in [0, 0.05) is 13.1 Å². The van der Waals surface area contributed by atoms with Crippen molar-refractivity contribution in [2.24, 2.45) is 11.7 Å². The number of carbonyl (C=O) groups is 1. The van der Waals surface area contributed by atoms with Crippen molar-refractivity contribution in [1.29, 1.82) is 0 Å². The zero-order valence-corrected chi connectivity index (χ0v) is 18.6. The summed E-state index contributed by atoms with van der Waals surface area (Å²) in [5, 5.41) is 0. The Morgan fingerprint density at radius 3 is 2.10 bits per heavy atom. The smallest absolute Gasteiger partial charge is 0.232 e. The van der Waals surface area contributed by atoms with Crippen molar-refractivity contribution in [1.82, 2.24) is 4.90 Å². The molecule has 3 aromatic carbocycles. The van der Waals surface area contributed by atoms with Crippen molar-refractivity contribution in [3.05, 3.63) is 107 Å². The third-order valence-electron chi connectivity index (χ3n) is 7.02. The average molecular weight is 413 g/mol. The number of nitrogens with zero attached hydrogens (tertiary/aromatic N) is 1. The van der Waals surface area contributed by atoms with E-state index in [1.54, 1.807) is 0 Å². The Morgan fingerprint density at radius 1 is 0.935 bits per heavy atom. The zero-order chi connectivity index (χ0) is 21.8. The van der Waals surface area contributed by atoms with E-state index >= 15 is 0 Å². The van der Waals surface area contributed by atoms with Gasteiger partial charge in [0.2, 0.25) is 5.91 Å². The fraction of sp³-hybridized carbons (Fsp3) is 0.321. The Labute approximate surface area is 185 Å². The molecule has 0 spiro atoms. The van der Waals surface area contributed by atoms with Crippen LogP contribution in [0.1, 0.15) is 34.2 Å². The third-order valence-corrected chi connectivity index (χ3v) is 7.02. The first-order valence-corrected chi connectivity index (χ1v) is 11.2. The molecule has 0 radical (unpaired) electrons. The highest BCUT2D eigenvalue weighted by molar-refractivity contribution is 5.91. The summed E-state index contributed by atoms with van der Waals surface area (Å²) in [7, 11) is 0. The number of rotatable bonds is 7. The normalized spacial score (nSPS) is 17.0. The van der Waals surface area contributed by atoms with Crippen LogP contribution in [0.5, 0.6) is 0 Å². The predicted molar refractivity (Wildman–Crippen MR) is 127 cm³/mol. The highest BCUT2D eigenvalue weighted by Gasteiger charge is 2.49. The van der Waals surface area contributed by atoms with Crippen molar-refractivity contribution in [2.75, 3.05) is 19.6 Å². The van der Waals surface area contributed by atoms with Gasteiger partial charge in [-0.3, -0.25) is 4.79 Å². The van der Waals surface area contributed by atoms with Gasteiger partial charge in [0.1, 0.15) is 5.41 Å². The lowest BCUT2D eigenvalue weighted by Crippen LogP contribution is -2.49. The molecule has 1 fully saturated rings. The van der Waals surface area contributed by atoms with E-state index in [9.17, 15) is 4.79 Å². The van der Waals surface area contributed by atoms with Crippen molar-refractivity contribution in [3.8, 4) is 0 Å². The van der Waals surface area contributed by atoms with Crippen molar-refractivity contribution in [3.63, 3.8) is 0 Å². The van der Waals surface area contributed by atoms with E-state index in [2.05, 4.69) is 61.2 Å². The van der Waals surface area contributed by atoms with Gasteiger partial charge in [-0.1, -0.05) is 78.9 Å². The molecular weight excluding hydrogens is 380 g/mol. The monoisotopic (exact) mass is 412 g/mol. The molecule has 160 valence electrons. The predicted octanol–water partition coefficient (Wildman–Crippen LogP) is 4.64. The van der Waals surface area contributed by atoms with E-state index < -0.39 is 5.41 Å². The lowest BCUT2D eigenvalue weighted by Gasteiger charge is -2.37. The van der Waals surface area contributed by atoms with E-state index in [1.807, 2.05) is 36.4 Å². The highest BCUT2D eigenvalue weighted by atomic mass is 16.1. The van der Waals surface area contributed by atoms with Gasteiger partial charge >= 0.3 is 0 Å². The minimum atomic E-state index is -0.808. The number of carbonyl (C=O) groups excluding carboxylic acids is 1. The topological polar surface area (TPSA) is 46.3 Å². The minimum Gasteiger partial charge on any atom is -0.369 e. The third kappa shape index (κ3) is 4.15. The standard InChI is InChI=1S/C28H32N2O/c1-21-13-14-23(19-22(21)2)15-17-30-18-16-26(20-30)28(27(29)31,24-9-5-3-6-10-24)25-11-7-4-8-12-25/h3-14,19,26H,15-18,20H2,1-2H3,(H2,29,31). The van der Waals surface area contributed by atoms with E-state index in [-0.39, 0.29) is 11.8 Å². The fourth-order valence-corrected chi connectivity index (χ4v) is 5.16. The van der Waals surface area contributed by atoms with Gasteiger partial charge in [0.25, 0.3) is 0 Å². The summed E-state index contributed by atoms with van der Waals surface area (Å²) in [5.41, 5.74) is 11.4. The second-order valence-electron chi connectivity index (χ2n) is 8.86. The minimum absolute atomic E-state index is 0.148. The van der Waals surface area contributed by atoms with Gasteiger partial charge < -0.3 is 10.6 Å². The first kappa shape index (κ1) is 21.3. The van der Waals surface area contributed by atoms with Gasteiger partial charge in [0.05, 0.1) is 0 Å². The van der Waals surface area contributed by atoms with Crippen LogP contribution in [-0.2, 0) is 16.6 Å². The van der Waals surface area contributed by atoms with E-state index in [4.69, 9.17) is 5.73 Å². The van der Waals surface area contributed by atoms with Crippen LogP contribution in [0.4, 0.5) is 0 Å². The van der Waals surface area contributed by atoms with Crippen LogP contribution in [0, 0.1) is 19.8 Å². The van der Waals surface area contributed by atoms with Gasteiger partial charge in [-0.2, -0.15) is 0 Å². The average Bonchev–Trinajstić information content (AvgIpc) is 3.25. The Morgan fingerprint density at radius 2 is 1.55 bits per heavy atom. The molecule has 1 amide bonds. The summed E-state index contributed by atoms with van der Waals surface area (Å²) < 4.78 is 0. The second-order valence-corrected chi connectivity index (χ2v) is 8.86. The number of benzene rings is 3. The molecule has 3 nitrogen and oxygen atoms in total. The molecule has 1 unspecified atom stereocenters. The van der Waals surface area contributed by atoms with Crippen LogP contribution in [0.25, 0.3) is 0 Å². The lowest BCUT2D eigenvalue weighted by molar-refractivity contribution is -0.123. The van der Waals surface area contributed by atoms with Crippen LogP contribution in [0.15, 0.2) is 78.9 Å². The molecule has 1 atom stereocenters. The summed E-state index contributed by atoms with van der Waals surface area (Å²) in [5.74, 6) is -0.111. The summed E-state index contributed by atoms with van der Waals surface area (Å²) >= 11 is 0. The maximum Gasteiger partial charge on any atom is 0.232 e. The number of amides is 1. The summed E-state index contributed by atoms with van der Waals surface area (Å²) in [6, 6.07) is 26.9. The summed E-state index contributed by atoms with van der Waals surface area (Å²) in [6.45, 7) is 7.19.